The van der Waals surface area contributed by atoms with Gasteiger partial charge in [-0.25, -0.2) is 12.8 Å². The van der Waals surface area contributed by atoms with E-state index in [9.17, 15) is 22.4 Å². The van der Waals surface area contributed by atoms with Crippen molar-refractivity contribution >= 4 is 27.5 Å². The van der Waals surface area contributed by atoms with Crippen molar-refractivity contribution in [3.63, 3.8) is 0 Å². The molecule has 0 saturated heterocycles. The van der Waals surface area contributed by atoms with E-state index < -0.39 is 34.3 Å². The number of nitrogens with one attached hydrogen (secondary N) is 1. The number of carbonyl (C=O) groups is 2. The van der Waals surface area contributed by atoms with E-state index in [0.29, 0.717) is 11.3 Å². The van der Waals surface area contributed by atoms with Gasteiger partial charge in [0.05, 0.1) is 10.6 Å². The molecule has 40 heavy (non-hydrogen) atoms. The maximum atomic E-state index is 13.9. The summed E-state index contributed by atoms with van der Waals surface area (Å²) < 4.78 is 42.3. The first-order valence-corrected chi connectivity index (χ1v) is 15.1. The highest BCUT2D eigenvalue weighted by Crippen LogP contribution is 2.25. The van der Waals surface area contributed by atoms with Crippen molar-refractivity contribution in [2.24, 2.45) is 0 Å². The quantitative estimate of drug-likeness (QED) is 0.352. The van der Waals surface area contributed by atoms with Crippen LogP contribution in [0.4, 0.5) is 10.1 Å². The number of halogens is 1. The molecule has 1 fully saturated rings. The Kier molecular flexibility index (Phi) is 9.58. The number of rotatable bonds is 11. The highest BCUT2D eigenvalue weighted by molar-refractivity contribution is 7.92. The average molecular weight is 566 g/mol. The average Bonchev–Trinajstić information content (AvgIpc) is 3.48. The molecule has 1 aliphatic rings. The molecule has 0 spiro atoms. The van der Waals surface area contributed by atoms with Gasteiger partial charge in [0.25, 0.3) is 10.0 Å². The maximum absolute atomic E-state index is 13.9. The van der Waals surface area contributed by atoms with Gasteiger partial charge in [0, 0.05) is 12.6 Å². The SMILES string of the molecule is CCc1ccc(N(CC(=O)N(Cc2ccc(F)cc2)[C@H](C)C(=O)NC2CCCC2)S(=O)(=O)c2ccccc2)cc1. The van der Waals surface area contributed by atoms with Crippen molar-refractivity contribution in [1.82, 2.24) is 10.2 Å². The molecule has 9 heteroatoms. The van der Waals surface area contributed by atoms with Gasteiger partial charge in [-0.3, -0.25) is 13.9 Å². The summed E-state index contributed by atoms with van der Waals surface area (Å²) in [5.41, 5.74) is 2.00. The van der Waals surface area contributed by atoms with Crippen LogP contribution in [-0.2, 0) is 32.6 Å². The molecule has 0 bridgehead atoms. The van der Waals surface area contributed by atoms with Crippen molar-refractivity contribution in [3.8, 4) is 0 Å². The predicted octanol–water partition coefficient (Wildman–Crippen LogP) is 5.06. The van der Waals surface area contributed by atoms with Crippen LogP contribution in [0.1, 0.15) is 50.7 Å². The first-order chi connectivity index (χ1) is 19.2. The molecule has 1 saturated carbocycles. The second-order valence-electron chi connectivity index (χ2n) is 10.2. The summed E-state index contributed by atoms with van der Waals surface area (Å²) in [6.45, 7) is 3.15. The molecule has 2 amide bonds. The lowest BCUT2D eigenvalue weighted by atomic mass is 10.1. The first kappa shape index (κ1) is 29.3. The molecule has 7 nitrogen and oxygen atoms in total. The van der Waals surface area contributed by atoms with Crippen LogP contribution >= 0.6 is 0 Å². The van der Waals surface area contributed by atoms with Crippen LogP contribution in [0.25, 0.3) is 0 Å². The molecule has 3 aromatic rings. The van der Waals surface area contributed by atoms with E-state index in [0.717, 1.165) is 42.0 Å². The van der Waals surface area contributed by atoms with Crippen LogP contribution < -0.4 is 9.62 Å². The highest BCUT2D eigenvalue weighted by atomic mass is 32.2. The summed E-state index contributed by atoms with van der Waals surface area (Å²) in [7, 11) is -4.11. The Morgan fingerprint density at radius 2 is 1.52 bits per heavy atom. The monoisotopic (exact) mass is 565 g/mol. The van der Waals surface area contributed by atoms with Gasteiger partial charge in [0.15, 0.2) is 0 Å². The van der Waals surface area contributed by atoms with Crippen LogP contribution in [0.15, 0.2) is 83.8 Å². The smallest absolute Gasteiger partial charge is 0.264 e. The fourth-order valence-electron chi connectivity index (χ4n) is 4.91. The lowest BCUT2D eigenvalue weighted by molar-refractivity contribution is -0.139. The van der Waals surface area contributed by atoms with Gasteiger partial charge >= 0.3 is 0 Å². The number of aryl methyl sites for hydroxylation is 1. The van der Waals surface area contributed by atoms with E-state index in [1.165, 1.54) is 29.2 Å². The van der Waals surface area contributed by atoms with E-state index in [1.807, 2.05) is 19.1 Å². The number of carbonyl (C=O) groups excluding carboxylic acids is 2. The summed E-state index contributed by atoms with van der Waals surface area (Å²) in [6.07, 6.45) is 4.65. The van der Waals surface area contributed by atoms with E-state index in [1.54, 1.807) is 49.4 Å². The van der Waals surface area contributed by atoms with Crippen molar-refractivity contribution < 1.29 is 22.4 Å². The minimum Gasteiger partial charge on any atom is -0.352 e. The second kappa shape index (κ2) is 13.1. The standard InChI is InChI=1S/C31H36FN3O4S/c1-3-24-15-19-28(20-16-24)35(40(38,39)29-11-5-4-6-12-29)22-30(36)34(21-25-13-17-26(32)18-14-25)23(2)31(37)33-27-9-7-8-10-27/h4-6,11-20,23,27H,3,7-10,21-22H2,1-2H3,(H,33,37)/t23-/m1/s1. The topological polar surface area (TPSA) is 86.8 Å². The zero-order valence-corrected chi connectivity index (χ0v) is 23.7. The lowest BCUT2D eigenvalue weighted by Gasteiger charge is -2.32. The van der Waals surface area contributed by atoms with Gasteiger partial charge in [0.1, 0.15) is 18.4 Å². The molecular weight excluding hydrogens is 529 g/mol. The van der Waals surface area contributed by atoms with Crippen LogP contribution in [0.2, 0.25) is 0 Å². The fourth-order valence-corrected chi connectivity index (χ4v) is 6.34. The van der Waals surface area contributed by atoms with Crippen LogP contribution in [-0.4, -0.2) is 43.8 Å². The van der Waals surface area contributed by atoms with Gasteiger partial charge in [-0.2, -0.15) is 0 Å². The van der Waals surface area contributed by atoms with Crippen LogP contribution in [0, 0.1) is 5.82 Å². The fraction of sp³-hybridized carbons (Fsp3) is 0.355. The third-order valence-electron chi connectivity index (χ3n) is 7.38. The maximum Gasteiger partial charge on any atom is 0.264 e. The number of sulfonamides is 1. The Balaban J connectivity index is 1.67. The highest BCUT2D eigenvalue weighted by Gasteiger charge is 2.33. The zero-order valence-electron chi connectivity index (χ0n) is 22.9. The van der Waals surface area contributed by atoms with Gasteiger partial charge in [-0.15, -0.1) is 0 Å². The largest absolute Gasteiger partial charge is 0.352 e. The first-order valence-electron chi connectivity index (χ1n) is 13.7. The van der Waals surface area contributed by atoms with Crippen LogP contribution in [0.5, 0.6) is 0 Å². The molecule has 3 aromatic carbocycles. The lowest BCUT2D eigenvalue weighted by Crippen LogP contribution is -2.52. The number of amides is 2. The molecule has 1 atom stereocenters. The summed E-state index contributed by atoms with van der Waals surface area (Å²) in [5, 5.41) is 3.04. The number of nitrogens with zero attached hydrogens (tertiary/aromatic N) is 2. The van der Waals surface area contributed by atoms with Gasteiger partial charge in [-0.1, -0.05) is 62.2 Å². The summed E-state index contributed by atoms with van der Waals surface area (Å²) in [6, 6.07) is 19.9. The van der Waals surface area contributed by atoms with E-state index in [-0.39, 0.29) is 23.4 Å². The number of benzene rings is 3. The Hall–Kier alpha value is -3.72. The van der Waals surface area contributed by atoms with Gasteiger partial charge in [-0.05, 0) is 73.7 Å². The summed E-state index contributed by atoms with van der Waals surface area (Å²) in [4.78, 5) is 28.6. The zero-order chi connectivity index (χ0) is 28.7. The van der Waals surface area contributed by atoms with E-state index in [2.05, 4.69) is 5.32 Å². The van der Waals surface area contributed by atoms with Gasteiger partial charge in [0.2, 0.25) is 11.8 Å². The van der Waals surface area contributed by atoms with Gasteiger partial charge < -0.3 is 10.2 Å². The molecule has 0 unspecified atom stereocenters. The Morgan fingerprint density at radius 3 is 2.12 bits per heavy atom. The minimum atomic E-state index is -4.11. The Labute approximate surface area is 236 Å². The van der Waals surface area contributed by atoms with Crippen molar-refractivity contribution in [2.45, 2.75) is 69.5 Å². The van der Waals surface area contributed by atoms with Crippen molar-refractivity contribution in [1.29, 1.82) is 0 Å². The summed E-state index contributed by atoms with van der Waals surface area (Å²) in [5.74, 6) is -1.26. The Morgan fingerprint density at radius 1 is 0.925 bits per heavy atom. The molecule has 0 radical (unpaired) electrons. The molecule has 4 rings (SSSR count). The molecule has 0 aliphatic heterocycles. The molecule has 0 heterocycles. The predicted molar refractivity (Wildman–Crippen MR) is 154 cm³/mol. The summed E-state index contributed by atoms with van der Waals surface area (Å²) >= 11 is 0. The second-order valence-corrected chi connectivity index (χ2v) is 12.0. The molecular formula is C31H36FN3O4S. The normalized spacial score (nSPS) is 14.5. The third kappa shape index (κ3) is 7.07. The number of anilines is 1. The molecule has 1 aliphatic carbocycles. The molecule has 212 valence electrons. The number of hydrogen-bond acceptors (Lipinski definition) is 4. The van der Waals surface area contributed by atoms with Crippen molar-refractivity contribution in [3.05, 3.63) is 95.8 Å². The molecule has 1 N–H and O–H groups in total. The van der Waals surface area contributed by atoms with Crippen molar-refractivity contribution in [2.75, 3.05) is 10.8 Å². The third-order valence-corrected chi connectivity index (χ3v) is 9.17. The van der Waals surface area contributed by atoms with Crippen LogP contribution in [0.3, 0.4) is 0 Å². The minimum absolute atomic E-state index is 0.0202. The molecule has 0 aromatic heterocycles. The van der Waals surface area contributed by atoms with E-state index in [4.69, 9.17) is 0 Å². The van der Waals surface area contributed by atoms with E-state index >= 15 is 0 Å². The Bertz CT molecular complexity index is 1390. The number of hydrogen-bond donors (Lipinski definition) is 1.